The van der Waals surface area contributed by atoms with Crippen molar-refractivity contribution in [1.29, 1.82) is 0 Å². The minimum atomic E-state index is -0.720. The number of halogens is 2. The van der Waals surface area contributed by atoms with Crippen LogP contribution in [-0.4, -0.2) is 11.7 Å². The molecule has 5 heteroatoms. The molecule has 20 heavy (non-hydrogen) atoms. The molecule has 0 bridgehead atoms. The Morgan fingerprint density at radius 2 is 1.85 bits per heavy atom. The quantitative estimate of drug-likeness (QED) is 0.827. The Balaban J connectivity index is 1.95. The Morgan fingerprint density at radius 1 is 1.25 bits per heavy atom. The predicted octanol–water partition coefficient (Wildman–Crippen LogP) is 3.58. The highest BCUT2D eigenvalue weighted by Crippen LogP contribution is 2.46. The highest BCUT2D eigenvalue weighted by atomic mass is 79.9. The highest BCUT2D eigenvalue weighted by Gasteiger charge is 2.44. The number of benzene rings is 1. The van der Waals surface area contributed by atoms with Crippen LogP contribution in [0, 0.1) is 5.41 Å². The molecule has 1 atom stereocenters. The summed E-state index contributed by atoms with van der Waals surface area (Å²) in [6.07, 6.45) is 0.829. The average molecular weight is 401 g/mol. The van der Waals surface area contributed by atoms with E-state index < -0.39 is 6.10 Å². The molecule has 1 aliphatic rings. The zero-order chi connectivity index (χ0) is 14.3. The summed E-state index contributed by atoms with van der Waals surface area (Å²) in [6.45, 7) is 0.415. The molecule has 0 spiro atoms. The van der Waals surface area contributed by atoms with Crippen LogP contribution in [0.1, 0.15) is 23.0 Å². The van der Waals surface area contributed by atoms with E-state index in [4.69, 9.17) is 10.2 Å². The van der Waals surface area contributed by atoms with Gasteiger partial charge in [0.25, 0.3) is 0 Å². The van der Waals surface area contributed by atoms with E-state index in [-0.39, 0.29) is 5.41 Å². The van der Waals surface area contributed by atoms with Gasteiger partial charge in [0.2, 0.25) is 0 Å². The van der Waals surface area contributed by atoms with Gasteiger partial charge in [-0.1, -0.05) is 24.3 Å². The van der Waals surface area contributed by atoms with E-state index in [0.29, 0.717) is 17.0 Å². The van der Waals surface area contributed by atoms with Crippen molar-refractivity contribution in [2.45, 2.75) is 18.9 Å². The molecule has 0 radical (unpaired) electrons. The van der Waals surface area contributed by atoms with E-state index in [1.165, 1.54) is 11.1 Å². The number of hydrogen-bond acceptors (Lipinski definition) is 3. The van der Waals surface area contributed by atoms with Crippen LogP contribution in [0.15, 0.2) is 43.9 Å². The van der Waals surface area contributed by atoms with Gasteiger partial charge >= 0.3 is 0 Å². The molecular formula is C15H15Br2NO2. The van der Waals surface area contributed by atoms with Crippen molar-refractivity contribution in [1.82, 2.24) is 0 Å². The smallest absolute Gasteiger partial charge is 0.183 e. The molecule has 1 unspecified atom stereocenters. The van der Waals surface area contributed by atoms with Crippen molar-refractivity contribution in [2.75, 3.05) is 6.54 Å². The van der Waals surface area contributed by atoms with Crippen molar-refractivity contribution in [3.8, 4) is 0 Å². The van der Waals surface area contributed by atoms with Gasteiger partial charge in [-0.05, 0) is 61.9 Å². The number of rotatable bonds is 3. The second-order valence-electron chi connectivity index (χ2n) is 5.36. The van der Waals surface area contributed by atoms with Crippen molar-refractivity contribution in [3.05, 3.63) is 56.4 Å². The number of furan rings is 1. The van der Waals surface area contributed by atoms with Crippen LogP contribution >= 0.6 is 31.9 Å². The molecular weight excluding hydrogens is 386 g/mol. The van der Waals surface area contributed by atoms with Crippen LogP contribution in [0.25, 0.3) is 0 Å². The average Bonchev–Trinajstić information content (AvgIpc) is 2.99. The molecule has 3 N–H and O–H groups in total. The minimum absolute atomic E-state index is 0.388. The molecule has 3 nitrogen and oxygen atoms in total. The van der Waals surface area contributed by atoms with Gasteiger partial charge in [-0.25, -0.2) is 0 Å². The molecule has 1 aliphatic carbocycles. The molecule has 0 aliphatic heterocycles. The topological polar surface area (TPSA) is 59.4 Å². The molecule has 2 aromatic rings. The summed E-state index contributed by atoms with van der Waals surface area (Å²) in [5, 5.41) is 10.8. The van der Waals surface area contributed by atoms with Gasteiger partial charge in [0.1, 0.15) is 11.9 Å². The van der Waals surface area contributed by atoms with Crippen molar-refractivity contribution in [2.24, 2.45) is 11.1 Å². The first-order valence-corrected chi connectivity index (χ1v) is 8.04. The molecule has 3 rings (SSSR count). The van der Waals surface area contributed by atoms with Gasteiger partial charge in [0.15, 0.2) is 4.67 Å². The lowest BCUT2D eigenvalue weighted by Crippen LogP contribution is -2.37. The van der Waals surface area contributed by atoms with Crippen LogP contribution in [0.2, 0.25) is 0 Å². The SMILES string of the molecule is NCC1(C(O)c2cc(Br)c(Br)o2)Cc2ccccc2C1. The fraction of sp³-hybridized carbons (Fsp3) is 0.333. The van der Waals surface area contributed by atoms with Crippen LogP contribution in [0.3, 0.4) is 0 Å². The lowest BCUT2D eigenvalue weighted by molar-refractivity contribution is 0.0182. The van der Waals surface area contributed by atoms with E-state index in [0.717, 1.165) is 17.3 Å². The molecule has 1 aromatic carbocycles. The second-order valence-corrected chi connectivity index (χ2v) is 6.94. The zero-order valence-corrected chi connectivity index (χ0v) is 13.9. The first-order valence-electron chi connectivity index (χ1n) is 6.45. The Bertz CT molecular complexity index is 594. The summed E-state index contributed by atoms with van der Waals surface area (Å²) in [6, 6.07) is 10.1. The van der Waals surface area contributed by atoms with Gasteiger partial charge < -0.3 is 15.3 Å². The summed E-state index contributed by atoms with van der Waals surface area (Å²) >= 11 is 6.68. The van der Waals surface area contributed by atoms with E-state index in [1.807, 2.05) is 12.1 Å². The Morgan fingerprint density at radius 3 is 2.30 bits per heavy atom. The first-order chi connectivity index (χ1) is 9.55. The summed E-state index contributed by atoms with van der Waals surface area (Å²) < 4.78 is 6.97. The monoisotopic (exact) mass is 399 g/mol. The van der Waals surface area contributed by atoms with Crippen molar-refractivity contribution < 1.29 is 9.52 Å². The van der Waals surface area contributed by atoms with E-state index in [2.05, 4.69) is 44.0 Å². The molecule has 106 valence electrons. The van der Waals surface area contributed by atoms with Crippen LogP contribution in [0.5, 0.6) is 0 Å². The third-order valence-electron chi connectivity index (χ3n) is 4.12. The molecule has 0 amide bonds. The van der Waals surface area contributed by atoms with Crippen LogP contribution in [0.4, 0.5) is 0 Å². The first kappa shape index (κ1) is 14.3. The standard InChI is InChI=1S/C15H15Br2NO2/c16-11-5-12(20-14(11)17)13(19)15(8-18)6-9-3-1-2-4-10(9)7-15/h1-5,13,19H,6-8,18H2. The van der Waals surface area contributed by atoms with Gasteiger partial charge in [0, 0.05) is 12.0 Å². The van der Waals surface area contributed by atoms with Gasteiger partial charge in [0.05, 0.1) is 4.47 Å². The number of aliphatic hydroxyl groups excluding tert-OH is 1. The maximum atomic E-state index is 10.8. The highest BCUT2D eigenvalue weighted by molar-refractivity contribution is 9.13. The third-order valence-corrected chi connectivity index (χ3v) is 5.83. The fourth-order valence-electron chi connectivity index (χ4n) is 2.97. The zero-order valence-electron chi connectivity index (χ0n) is 10.8. The predicted molar refractivity (Wildman–Crippen MR) is 84.4 cm³/mol. The van der Waals surface area contributed by atoms with Crippen molar-refractivity contribution >= 4 is 31.9 Å². The Labute approximate surface area is 134 Å². The lowest BCUT2D eigenvalue weighted by atomic mass is 9.78. The van der Waals surface area contributed by atoms with E-state index in [9.17, 15) is 5.11 Å². The number of fused-ring (bicyclic) bond motifs is 1. The van der Waals surface area contributed by atoms with E-state index in [1.54, 1.807) is 6.07 Å². The summed E-state index contributed by atoms with van der Waals surface area (Å²) in [5.74, 6) is 0.544. The Hall–Kier alpha value is -0.620. The maximum Gasteiger partial charge on any atom is 0.183 e. The second kappa shape index (κ2) is 5.30. The number of aliphatic hydroxyl groups is 1. The summed E-state index contributed by atoms with van der Waals surface area (Å²) in [4.78, 5) is 0. The van der Waals surface area contributed by atoms with Gasteiger partial charge in [-0.2, -0.15) is 0 Å². The third kappa shape index (κ3) is 2.26. The molecule has 0 saturated heterocycles. The normalized spacial score (nSPS) is 18.0. The summed E-state index contributed by atoms with van der Waals surface area (Å²) in [7, 11) is 0. The van der Waals surface area contributed by atoms with Gasteiger partial charge in [-0.15, -0.1) is 0 Å². The Kier molecular flexibility index (Phi) is 3.79. The fourth-order valence-corrected chi connectivity index (χ4v) is 3.58. The lowest BCUT2D eigenvalue weighted by Gasteiger charge is -2.31. The number of hydrogen-bond donors (Lipinski definition) is 2. The molecule has 0 fully saturated rings. The maximum absolute atomic E-state index is 10.8. The molecule has 1 aromatic heterocycles. The van der Waals surface area contributed by atoms with Crippen LogP contribution in [-0.2, 0) is 12.8 Å². The molecule has 0 saturated carbocycles. The number of nitrogens with two attached hydrogens (primary N) is 1. The van der Waals surface area contributed by atoms with E-state index >= 15 is 0 Å². The van der Waals surface area contributed by atoms with Gasteiger partial charge in [-0.3, -0.25) is 0 Å². The molecule has 1 heterocycles. The largest absolute Gasteiger partial charge is 0.450 e. The summed E-state index contributed by atoms with van der Waals surface area (Å²) in [5.41, 5.74) is 8.15. The van der Waals surface area contributed by atoms with Crippen molar-refractivity contribution in [3.63, 3.8) is 0 Å². The van der Waals surface area contributed by atoms with Crippen LogP contribution < -0.4 is 5.73 Å². The minimum Gasteiger partial charge on any atom is -0.450 e.